The van der Waals surface area contributed by atoms with E-state index in [1.807, 2.05) is 11.3 Å². The molecule has 0 radical (unpaired) electrons. The van der Waals surface area contributed by atoms with Gasteiger partial charge in [0, 0.05) is 24.5 Å². The second-order valence-electron chi connectivity index (χ2n) is 5.62. The van der Waals surface area contributed by atoms with Crippen molar-refractivity contribution in [2.24, 2.45) is 0 Å². The van der Waals surface area contributed by atoms with Gasteiger partial charge in [-0.3, -0.25) is 0 Å². The average molecular weight is 301 g/mol. The molecule has 2 heterocycles. The highest BCUT2D eigenvalue weighted by Gasteiger charge is 2.19. The third kappa shape index (κ3) is 3.27. The largest absolute Gasteiger partial charge is 0.343 e. The van der Waals surface area contributed by atoms with Gasteiger partial charge in [-0.15, -0.1) is 11.3 Å². The van der Waals surface area contributed by atoms with E-state index < -0.39 is 0 Å². The Morgan fingerprint density at radius 2 is 2.10 bits per heavy atom. The van der Waals surface area contributed by atoms with Crippen molar-refractivity contribution in [2.45, 2.75) is 39.8 Å². The first-order chi connectivity index (χ1) is 10.3. The Morgan fingerprint density at radius 3 is 2.90 bits per heavy atom. The van der Waals surface area contributed by atoms with Crippen LogP contribution in [0.3, 0.4) is 0 Å². The van der Waals surface area contributed by atoms with Gasteiger partial charge in [0.2, 0.25) is 0 Å². The Balaban J connectivity index is 1.72. The standard InChI is InChI=1S/C17H23N3S/c1-3-9-18-11-16-13(2)19-17(21-16)20-10-8-14-6-4-5-7-15(14)12-20/h4-7,18H,3,8-12H2,1-2H3. The number of thiazole rings is 1. The molecular weight excluding hydrogens is 278 g/mol. The van der Waals surface area contributed by atoms with Crippen molar-refractivity contribution in [3.8, 4) is 0 Å². The van der Waals surface area contributed by atoms with Crippen molar-refractivity contribution in [3.05, 3.63) is 46.0 Å². The van der Waals surface area contributed by atoms with Crippen molar-refractivity contribution in [1.29, 1.82) is 0 Å². The smallest absolute Gasteiger partial charge is 0.186 e. The van der Waals surface area contributed by atoms with E-state index in [1.54, 1.807) is 0 Å². The second kappa shape index (κ2) is 6.58. The fraction of sp³-hybridized carbons (Fsp3) is 0.471. The van der Waals surface area contributed by atoms with Crippen molar-refractivity contribution >= 4 is 16.5 Å². The van der Waals surface area contributed by atoms with Crippen LogP contribution in [0.2, 0.25) is 0 Å². The van der Waals surface area contributed by atoms with Crippen LogP contribution in [0.1, 0.15) is 35.0 Å². The topological polar surface area (TPSA) is 28.2 Å². The van der Waals surface area contributed by atoms with E-state index in [4.69, 9.17) is 4.98 Å². The van der Waals surface area contributed by atoms with E-state index in [2.05, 4.69) is 48.3 Å². The predicted octanol–water partition coefficient (Wildman–Crippen LogP) is 3.51. The maximum Gasteiger partial charge on any atom is 0.186 e. The molecule has 4 heteroatoms. The minimum atomic E-state index is 0.946. The summed E-state index contributed by atoms with van der Waals surface area (Å²) in [5, 5.41) is 4.65. The maximum absolute atomic E-state index is 4.79. The molecule has 0 aliphatic carbocycles. The molecule has 0 amide bonds. The number of rotatable bonds is 5. The zero-order chi connectivity index (χ0) is 14.7. The van der Waals surface area contributed by atoms with Crippen LogP contribution in [0.4, 0.5) is 5.13 Å². The van der Waals surface area contributed by atoms with Gasteiger partial charge in [0.15, 0.2) is 5.13 Å². The summed E-state index contributed by atoms with van der Waals surface area (Å²) in [4.78, 5) is 8.58. The summed E-state index contributed by atoms with van der Waals surface area (Å²) < 4.78 is 0. The molecule has 1 aromatic carbocycles. The van der Waals surface area contributed by atoms with Crippen LogP contribution in [0.15, 0.2) is 24.3 Å². The summed E-state index contributed by atoms with van der Waals surface area (Å²) >= 11 is 1.84. The molecule has 3 rings (SSSR count). The molecule has 3 nitrogen and oxygen atoms in total. The third-order valence-corrected chi connectivity index (χ3v) is 5.21. The average Bonchev–Trinajstić information content (AvgIpc) is 2.88. The van der Waals surface area contributed by atoms with E-state index in [0.717, 1.165) is 32.6 Å². The fourth-order valence-electron chi connectivity index (χ4n) is 2.75. The Morgan fingerprint density at radius 1 is 1.29 bits per heavy atom. The van der Waals surface area contributed by atoms with Gasteiger partial charge in [-0.1, -0.05) is 31.2 Å². The summed E-state index contributed by atoms with van der Waals surface area (Å²) in [6, 6.07) is 8.76. The van der Waals surface area contributed by atoms with Gasteiger partial charge < -0.3 is 10.2 Å². The van der Waals surface area contributed by atoms with E-state index >= 15 is 0 Å². The highest BCUT2D eigenvalue weighted by molar-refractivity contribution is 7.15. The van der Waals surface area contributed by atoms with Gasteiger partial charge >= 0.3 is 0 Å². The third-order valence-electron chi connectivity index (χ3n) is 3.99. The van der Waals surface area contributed by atoms with Gasteiger partial charge in [0.1, 0.15) is 0 Å². The molecule has 0 unspecified atom stereocenters. The number of nitrogens with zero attached hydrogens (tertiary/aromatic N) is 2. The van der Waals surface area contributed by atoms with E-state index in [1.165, 1.54) is 33.3 Å². The zero-order valence-electron chi connectivity index (χ0n) is 12.9. The van der Waals surface area contributed by atoms with Gasteiger partial charge in [-0.05, 0) is 37.4 Å². The lowest BCUT2D eigenvalue weighted by molar-refractivity contribution is 0.678. The molecule has 0 bridgehead atoms. The first kappa shape index (κ1) is 14.5. The van der Waals surface area contributed by atoms with Crippen LogP contribution < -0.4 is 10.2 Å². The molecule has 1 aliphatic heterocycles. The summed E-state index contributed by atoms with van der Waals surface area (Å²) in [6.07, 6.45) is 2.30. The molecule has 21 heavy (non-hydrogen) atoms. The van der Waals surface area contributed by atoms with E-state index in [-0.39, 0.29) is 0 Å². The van der Waals surface area contributed by atoms with Crippen molar-refractivity contribution in [2.75, 3.05) is 18.0 Å². The summed E-state index contributed by atoms with van der Waals surface area (Å²) in [7, 11) is 0. The fourth-order valence-corrected chi connectivity index (χ4v) is 3.81. The van der Waals surface area contributed by atoms with Crippen LogP contribution in [0.5, 0.6) is 0 Å². The second-order valence-corrected chi connectivity index (χ2v) is 6.68. The lowest BCUT2D eigenvalue weighted by Crippen LogP contribution is -2.30. The van der Waals surface area contributed by atoms with Crippen molar-refractivity contribution < 1.29 is 0 Å². The minimum absolute atomic E-state index is 0.946. The maximum atomic E-state index is 4.79. The molecule has 1 aliphatic rings. The van der Waals surface area contributed by atoms with Crippen LogP contribution in [0.25, 0.3) is 0 Å². The highest BCUT2D eigenvalue weighted by atomic mass is 32.1. The molecule has 1 N–H and O–H groups in total. The number of hydrogen-bond donors (Lipinski definition) is 1. The minimum Gasteiger partial charge on any atom is -0.343 e. The summed E-state index contributed by atoms with van der Waals surface area (Å²) in [6.45, 7) is 8.41. The predicted molar refractivity (Wildman–Crippen MR) is 90.0 cm³/mol. The van der Waals surface area contributed by atoms with Gasteiger partial charge in [-0.25, -0.2) is 4.98 Å². The number of aryl methyl sites for hydroxylation is 1. The van der Waals surface area contributed by atoms with E-state index in [0.29, 0.717) is 0 Å². The quantitative estimate of drug-likeness (QED) is 0.857. The van der Waals surface area contributed by atoms with Crippen molar-refractivity contribution in [3.63, 3.8) is 0 Å². The molecular formula is C17H23N3S. The van der Waals surface area contributed by atoms with Crippen LogP contribution in [-0.2, 0) is 19.5 Å². The first-order valence-corrected chi connectivity index (χ1v) is 8.58. The van der Waals surface area contributed by atoms with Gasteiger partial charge in [0.25, 0.3) is 0 Å². The SMILES string of the molecule is CCCNCc1sc(N2CCc3ccccc3C2)nc1C. The monoisotopic (exact) mass is 301 g/mol. The Hall–Kier alpha value is -1.39. The van der Waals surface area contributed by atoms with Gasteiger partial charge in [0.05, 0.1) is 5.69 Å². The molecule has 0 spiro atoms. The number of aromatic nitrogens is 1. The molecule has 0 atom stereocenters. The Bertz CT molecular complexity index is 606. The van der Waals surface area contributed by atoms with Crippen LogP contribution in [-0.4, -0.2) is 18.1 Å². The zero-order valence-corrected chi connectivity index (χ0v) is 13.7. The summed E-state index contributed by atoms with van der Waals surface area (Å²) in [5.74, 6) is 0. The normalized spacial score (nSPS) is 14.3. The Labute approximate surface area is 131 Å². The van der Waals surface area contributed by atoms with Gasteiger partial charge in [-0.2, -0.15) is 0 Å². The summed E-state index contributed by atoms with van der Waals surface area (Å²) in [5.41, 5.74) is 4.12. The molecule has 0 fully saturated rings. The number of benzene rings is 1. The van der Waals surface area contributed by atoms with Crippen LogP contribution in [0, 0.1) is 6.92 Å². The number of fused-ring (bicyclic) bond motifs is 1. The lowest BCUT2D eigenvalue weighted by atomic mass is 10.0. The van der Waals surface area contributed by atoms with Crippen LogP contribution >= 0.6 is 11.3 Å². The molecule has 0 saturated carbocycles. The molecule has 112 valence electrons. The molecule has 0 saturated heterocycles. The lowest BCUT2D eigenvalue weighted by Gasteiger charge is -2.28. The van der Waals surface area contributed by atoms with Crippen molar-refractivity contribution in [1.82, 2.24) is 10.3 Å². The first-order valence-electron chi connectivity index (χ1n) is 7.76. The Kier molecular flexibility index (Phi) is 4.56. The number of hydrogen-bond acceptors (Lipinski definition) is 4. The number of nitrogens with one attached hydrogen (secondary N) is 1. The highest BCUT2D eigenvalue weighted by Crippen LogP contribution is 2.30. The number of anilines is 1. The molecule has 2 aromatic rings. The van der Waals surface area contributed by atoms with E-state index in [9.17, 15) is 0 Å². The molecule has 1 aromatic heterocycles.